The Labute approximate surface area is 112 Å². The Morgan fingerprint density at radius 3 is 2.53 bits per heavy atom. The highest BCUT2D eigenvalue weighted by atomic mass is 15.4. The lowest BCUT2D eigenvalue weighted by molar-refractivity contribution is 0.728. The highest BCUT2D eigenvalue weighted by Gasteiger charge is 2.08. The summed E-state index contributed by atoms with van der Waals surface area (Å²) in [4.78, 5) is 0. The summed E-state index contributed by atoms with van der Waals surface area (Å²) in [6, 6.07) is 14.3. The number of benzene rings is 1. The molecule has 0 fully saturated rings. The fourth-order valence-corrected chi connectivity index (χ4v) is 2.00. The fourth-order valence-electron chi connectivity index (χ4n) is 2.00. The SMILES string of the molecule is CC(Nn1cccc1)c1cnn(-c2ccccc2)c1. The van der Waals surface area contributed by atoms with Crippen molar-refractivity contribution < 1.29 is 0 Å². The second-order valence-electron chi connectivity index (χ2n) is 4.49. The lowest BCUT2D eigenvalue weighted by Gasteiger charge is -2.14. The van der Waals surface area contributed by atoms with Gasteiger partial charge in [0, 0.05) is 24.2 Å². The van der Waals surface area contributed by atoms with Crippen molar-refractivity contribution in [3.05, 3.63) is 72.8 Å². The van der Waals surface area contributed by atoms with Crippen LogP contribution in [0.3, 0.4) is 0 Å². The predicted octanol–water partition coefficient (Wildman–Crippen LogP) is 2.98. The maximum absolute atomic E-state index is 4.40. The van der Waals surface area contributed by atoms with Crippen molar-refractivity contribution in [1.29, 1.82) is 0 Å². The van der Waals surface area contributed by atoms with E-state index in [1.807, 2.05) is 70.4 Å². The van der Waals surface area contributed by atoms with E-state index in [1.54, 1.807) is 0 Å². The van der Waals surface area contributed by atoms with Crippen LogP contribution in [0.4, 0.5) is 0 Å². The van der Waals surface area contributed by atoms with Gasteiger partial charge in [-0.15, -0.1) is 0 Å². The zero-order valence-corrected chi connectivity index (χ0v) is 10.8. The number of aromatic nitrogens is 3. The zero-order valence-electron chi connectivity index (χ0n) is 10.8. The standard InChI is InChI=1S/C15H16N4/c1-13(17-18-9-5-6-10-18)14-11-16-19(12-14)15-7-3-2-4-8-15/h2-13,17H,1H3. The molecule has 0 amide bonds. The van der Waals surface area contributed by atoms with Crippen LogP contribution >= 0.6 is 0 Å². The lowest BCUT2D eigenvalue weighted by atomic mass is 10.2. The minimum absolute atomic E-state index is 0.199. The summed E-state index contributed by atoms with van der Waals surface area (Å²) in [7, 11) is 0. The molecule has 1 unspecified atom stereocenters. The van der Waals surface area contributed by atoms with Gasteiger partial charge in [-0.05, 0) is 31.2 Å². The smallest absolute Gasteiger partial charge is 0.0676 e. The van der Waals surface area contributed by atoms with E-state index in [1.165, 1.54) is 0 Å². The van der Waals surface area contributed by atoms with Gasteiger partial charge in [0.2, 0.25) is 0 Å². The molecule has 1 aromatic carbocycles. The Kier molecular flexibility index (Phi) is 3.06. The van der Waals surface area contributed by atoms with E-state index in [9.17, 15) is 0 Å². The zero-order chi connectivity index (χ0) is 13.1. The minimum Gasteiger partial charge on any atom is -0.319 e. The van der Waals surface area contributed by atoms with Gasteiger partial charge in [0.15, 0.2) is 0 Å². The third-order valence-corrected chi connectivity index (χ3v) is 3.07. The molecule has 0 radical (unpaired) electrons. The van der Waals surface area contributed by atoms with Gasteiger partial charge in [0.05, 0.1) is 17.9 Å². The van der Waals surface area contributed by atoms with E-state index in [0.29, 0.717) is 0 Å². The van der Waals surface area contributed by atoms with Gasteiger partial charge in [-0.25, -0.2) is 4.68 Å². The number of hydrogen-bond acceptors (Lipinski definition) is 2. The van der Waals surface area contributed by atoms with Gasteiger partial charge in [-0.3, -0.25) is 4.68 Å². The number of rotatable bonds is 4. The lowest BCUT2D eigenvalue weighted by Crippen LogP contribution is -2.16. The summed E-state index contributed by atoms with van der Waals surface area (Å²) in [6.45, 7) is 2.12. The van der Waals surface area contributed by atoms with E-state index in [4.69, 9.17) is 0 Å². The van der Waals surface area contributed by atoms with Crippen molar-refractivity contribution in [1.82, 2.24) is 14.5 Å². The number of para-hydroxylation sites is 1. The van der Waals surface area contributed by atoms with Crippen molar-refractivity contribution in [2.45, 2.75) is 13.0 Å². The van der Waals surface area contributed by atoms with Crippen molar-refractivity contribution in [3.63, 3.8) is 0 Å². The normalized spacial score (nSPS) is 12.3. The monoisotopic (exact) mass is 252 g/mol. The van der Waals surface area contributed by atoms with Crippen molar-refractivity contribution in [2.75, 3.05) is 5.43 Å². The Bertz CT molecular complexity index is 625. The second kappa shape index (κ2) is 5.02. The summed E-state index contributed by atoms with van der Waals surface area (Å²) >= 11 is 0. The summed E-state index contributed by atoms with van der Waals surface area (Å²) < 4.78 is 3.84. The second-order valence-corrected chi connectivity index (χ2v) is 4.49. The van der Waals surface area contributed by atoms with Gasteiger partial charge in [-0.2, -0.15) is 5.10 Å². The van der Waals surface area contributed by atoms with Crippen LogP contribution in [-0.2, 0) is 0 Å². The molecule has 3 aromatic rings. The van der Waals surface area contributed by atoms with E-state index in [-0.39, 0.29) is 6.04 Å². The van der Waals surface area contributed by atoms with Crippen LogP contribution in [0, 0.1) is 0 Å². The molecule has 0 aliphatic carbocycles. The minimum atomic E-state index is 0.199. The molecule has 1 N–H and O–H groups in total. The van der Waals surface area contributed by atoms with Crippen LogP contribution in [0.1, 0.15) is 18.5 Å². The molecule has 2 heterocycles. The van der Waals surface area contributed by atoms with Crippen LogP contribution in [-0.4, -0.2) is 14.5 Å². The molecule has 0 aliphatic heterocycles. The Hall–Kier alpha value is -2.49. The highest BCUT2D eigenvalue weighted by Crippen LogP contribution is 2.15. The highest BCUT2D eigenvalue weighted by molar-refractivity contribution is 5.31. The molecule has 2 aromatic heterocycles. The van der Waals surface area contributed by atoms with Crippen LogP contribution in [0.25, 0.3) is 5.69 Å². The van der Waals surface area contributed by atoms with Crippen molar-refractivity contribution in [2.24, 2.45) is 0 Å². The molecule has 0 saturated carbocycles. The van der Waals surface area contributed by atoms with Gasteiger partial charge in [0.1, 0.15) is 0 Å². The van der Waals surface area contributed by atoms with Gasteiger partial charge in [-0.1, -0.05) is 18.2 Å². The number of nitrogens with zero attached hydrogens (tertiary/aromatic N) is 3. The quantitative estimate of drug-likeness (QED) is 0.774. The molecular weight excluding hydrogens is 236 g/mol. The molecule has 0 spiro atoms. The van der Waals surface area contributed by atoms with Gasteiger partial charge < -0.3 is 5.43 Å². The first-order chi connectivity index (χ1) is 9.33. The molecule has 4 heteroatoms. The van der Waals surface area contributed by atoms with Gasteiger partial charge in [0.25, 0.3) is 0 Å². The molecule has 96 valence electrons. The first kappa shape index (κ1) is 11.6. The van der Waals surface area contributed by atoms with Crippen LogP contribution in [0.2, 0.25) is 0 Å². The van der Waals surface area contributed by atoms with Crippen LogP contribution in [0.15, 0.2) is 67.3 Å². The largest absolute Gasteiger partial charge is 0.319 e. The first-order valence-corrected chi connectivity index (χ1v) is 6.32. The first-order valence-electron chi connectivity index (χ1n) is 6.32. The van der Waals surface area contributed by atoms with Crippen molar-refractivity contribution >= 4 is 0 Å². The third-order valence-electron chi connectivity index (χ3n) is 3.07. The van der Waals surface area contributed by atoms with E-state index >= 15 is 0 Å². The fraction of sp³-hybridized carbons (Fsp3) is 0.133. The van der Waals surface area contributed by atoms with Crippen LogP contribution in [0.5, 0.6) is 0 Å². The summed E-state index contributed by atoms with van der Waals surface area (Å²) in [5.74, 6) is 0. The van der Waals surface area contributed by atoms with Gasteiger partial charge >= 0.3 is 0 Å². The molecular formula is C15H16N4. The Morgan fingerprint density at radius 1 is 1.05 bits per heavy atom. The Morgan fingerprint density at radius 2 is 1.79 bits per heavy atom. The molecule has 3 rings (SSSR count). The average molecular weight is 252 g/mol. The third kappa shape index (κ3) is 2.52. The molecule has 19 heavy (non-hydrogen) atoms. The Balaban J connectivity index is 1.78. The van der Waals surface area contributed by atoms with E-state index in [2.05, 4.69) is 23.6 Å². The number of nitrogens with one attached hydrogen (secondary N) is 1. The van der Waals surface area contributed by atoms with Crippen molar-refractivity contribution in [3.8, 4) is 5.69 Å². The van der Waals surface area contributed by atoms with Crippen LogP contribution < -0.4 is 5.43 Å². The molecule has 4 nitrogen and oxygen atoms in total. The van der Waals surface area contributed by atoms with E-state index < -0.39 is 0 Å². The average Bonchev–Trinajstić information content (AvgIpc) is 3.10. The molecule has 1 atom stereocenters. The summed E-state index contributed by atoms with van der Waals surface area (Å²) in [5, 5.41) is 4.40. The summed E-state index contributed by atoms with van der Waals surface area (Å²) in [5.41, 5.74) is 5.59. The topological polar surface area (TPSA) is 34.8 Å². The molecule has 0 bridgehead atoms. The van der Waals surface area contributed by atoms with E-state index in [0.717, 1.165) is 11.3 Å². The summed E-state index contributed by atoms with van der Waals surface area (Å²) in [6.07, 6.45) is 7.92. The molecule has 0 saturated heterocycles. The molecule has 0 aliphatic rings. The maximum atomic E-state index is 4.40. The predicted molar refractivity (Wildman–Crippen MR) is 75.8 cm³/mol. The maximum Gasteiger partial charge on any atom is 0.0676 e. The number of hydrogen-bond donors (Lipinski definition) is 1.